The lowest BCUT2D eigenvalue weighted by Gasteiger charge is -2.45. The van der Waals surface area contributed by atoms with Crippen molar-refractivity contribution in [3.8, 4) is 11.3 Å². The first-order valence-corrected chi connectivity index (χ1v) is 13.8. The predicted molar refractivity (Wildman–Crippen MR) is 146 cm³/mol. The lowest BCUT2D eigenvalue weighted by atomic mass is 9.69. The van der Waals surface area contributed by atoms with Crippen molar-refractivity contribution >= 4 is 17.5 Å². The average Bonchev–Trinajstić information content (AvgIpc) is 3.37. The Kier molecular flexibility index (Phi) is 6.80. The van der Waals surface area contributed by atoms with E-state index in [1.165, 1.54) is 12.2 Å². The maximum absolute atomic E-state index is 14.1. The van der Waals surface area contributed by atoms with Crippen LogP contribution in [0.3, 0.4) is 0 Å². The highest BCUT2D eigenvalue weighted by Crippen LogP contribution is 2.60. The summed E-state index contributed by atoms with van der Waals surface area (Å²) in [4.78, 5) is 32.1. The number of carbonyl (C=O) groups excluding carboxylic acids is 2. The molecule has 1 spiro atoms. The van der Waals surface area contributed by atoms with E-state index in [1.807, 2.05) is 33.8 Å². The highest BCUT2D eigenvalue weighted by molar-refractivity contribution is 6.01. The number of aryl methyl sites for hydroxylation is 2. The summed E-state index contributed by atoms with van der Waals surface area (Å²) >= 11 is 0. The van der Waals surface area contributed by atoms with Crippen molar-refractivity contribution in [2.24, 2.45) is 17.3 Å². The van der Waals surface area contributed by atoms with E-state index in [0.717, 1.165) is 35.5 Å². The summed E-state index contributed by atoms with van der Waals surface area (Å²) in [5, 5.41) is 20.8. The van der Waals surface area contributed by atoms with Crippen molar-refractivity contribution in [2.45, 2.75) is 58.6 Å². The molecule has 3 unspecified atom stereocenters. The lowest BCUT2D eigenvalue weighted by molar-refractivity contribution is -0.126. The molecule has 0 radical (unpaired) electrons. The van der Waals surface area contributed by atoms with E-state index >= 15 is 0 Å². The highest BCUT2D eigenvalue weighted by Gasteiger charge is 2.60. The molecule has 1 saturated heterocycles. The Hall–Kier alpha value is -4.19. The summed E-state index contributed by atoms with van der Waals surface area (Å²) in [6.45, 7) is 7.94. The molecule has 0 aromatic carbocycles. The third kappa shape index (κ3) is 4.96. The Bertz CT molecular complexity index is 1520. The first kappa shape index (κ1) is 27.0. The molecule has 41 heavy (non-hydrogen) atoms. The lowest BCUT2D eigenvalue weighted by Crippen LogP contribution is -2.58. The van der Waals surface area contributed by atoms with E-state index in [2.05, 4.69) is 36.1 Å². The van der Waals surface area contributed by atoms with Crippen LogP contribution in [0.1, 0.15) is 60.2 Å². The number of nitrogens with one attached hydrogen (secondary N) is 3. The molecule has 2 fully saturated rings. The Labute approximate surface area is 236 Å². The molecule has 1 aliphatic heterocycles. The standard InChI is InChI=1S/C29H32FN7O4/c1-14(2)24-26(37-41-36-24)28(39)33-25(23-19-7-5-17(30)11-21(19)40-13-29(23)9-10-29)27(38)32-18-6-8-20(31-12-18)22-15(3)34-35-16(22)4/h5-8,11-12,14,19,21,23,25H,9-10,13H2,1-4H3,(H,32,38)(H,33,39)(H,34,35)/t19?,21?,23?,25-/m0/s1. The highest BCUT2D eigenvalue weighted by atomic mass is 19.1. The van der Waals surface area contributed by atoms with E-state index in [1.54, 1.807) is 18.3 Å². The zero-order valence-corrected chi connectivity index (χ0v) is 23.3. The van der Waals surface area contributed by atoms with Gasteiger partial charge in [0.05, 0.1) is 36.0 Å². The molecular weight excluding hydrogens is 529 g/mol. The van der Waals surface area contributed by atoms with Crippen molar-refractivity contribution in [3.05, 3.63) is 65.2 Å². The number of rotatable bonds is 7. The Balaban J connectivity index is 1.31. The van der Waals surface area contributed by atoms with Crippen LogP contribution in [0, 0.1) is 31.1 Å². The summed E-state index contributed by atoms with van der Waals surface area (Å²) in [6.07, 6.45) is 7.30. The zero-order valence-electron chi connectivity index (χ0n) is 23.3. The quantitative estimate of drug-likeness (QED) is 0.389. The summed E-state index contributed by atoms with van der Waals surface area (Å²) in [5.74, 6) is -2.13. The number of nitrogens with zero attached hydrogens (tertiary/aromatic N) is 4. The summed E-state index contributed by atoms with van der Waals surface area (Å²) < 4.78 is 25.0. The largest absolute Gasteiger partial charge is 0.373 e. The maximum Gasteiger partial charge on any atom is 0.276 e. The van der Waals surface area contributed by atoms with Gasteiger partial charge in [0, 0.05) is 29.0 Å². The van der Waals surface area contributed by atoms with Crippen LogP contribution in [0.25, 0.3) is 11.3 Å². The van der Waals surface area contributed by atoms with Gasteiger partial charge in [-0.05, 0) is 61.5 Å². The molecule has 4 atom stereocenters. The number of aromatic nitrogens is 5. The van der Waals surface area contributed by atoms with Crippen LogP contribution < -0.4 is 10.6 Å². The second-order valence-corrected chi connectivity index (χ2v) is 11.5. The van der Waals surface area contributed by atoms with Crippen molar-refractivity contribution in [3.63, 3.8) is 0 Å². The van der Waals surface area contributed by atoms with Gasteiger partial charge in [-0.1, -0.05) is 25.1 Å². The second-order valence-electron chi connectivity index (χ2n) is 11.5. The van der Waals surface area contributed by atoms with Crippen LogP contribution in [0.4, 0.5) is 10.1 Å². The van der Waals surface area contributed by atoms with E-state index in [-0.39, 0.29) is 34.7 Å². The van der Waals surface area contributed by atoms with Crippen molar-refractivity contribution in [1.29, 1.82) is 0 Å². The van der Waals surface area contributed by atoms with E-state index < -0.39 is 24.0 Å². The molecule has 2 aliphatic carbocycles. The zero-order chi connectivity index (χ0) is 28.9. The third-order valence-electron chi connectivity index (χ3n) is 8.38. The van der Waals surface area contributed by atoms with Crippen LogP contribution in [0.2, 0.25) is 0 Å². The van der Waals surface area contributed by atoms with Gasteiger partial charge in [0.1, 0.15) is 17.6 Å². The van der Waals surface area contributed by atoms with Gasteiger partial charge in [-0.3, -0.25) is 19.7 Å². The molecule has 3 aliphatic rings. The average molecular weight is 562 g/mol. The van der Waals surface area contributed by atoms with Gasteiger partial charge in [0.15, 0.2) is 5.69 Å². The topological polar surface area (TPSA) is 148 Å². The normalized spacial score (nSPS) is 23.2. The van der Waals surface area contributed by atoms with Gasteiger partial charge in [0.25, 0.3) is 5.91 Å². The van der Waals surface area contributed by atoms with Crippen molar-refractivity contribution in [1.82, 2.24) is 30.8 Å². The van der Waals surface area contributed by atoms with Gasteiger partial charge < -0.3 is 15.4 Å². The minimum Gasteiger partial charge on any atom is -0.373 e. The molecule has 0 bridgehead atoms. The fraction of sp³-hybridized carbons (Fsp3) is 0.448. The molecule has 4 heterocycles. The second kappa shape index (κ2) is 10.3. The molecule has 2 amide bonds. The number of hydrogen-bond acceptors (Lipinski definition) is 8. The van der Waals surface area contributed by atoms with Crippen molar-refractivity contribution in [2.75, 3.05) is 11.9 Å². The Morgan fingerprint density at radius 1 is 1.20 bits per heavy atom. The number of hydrogen-bond donors (Lipinski definition) is 3. The van der Waals surface area contributed by atoms with Crippen LogP contribution >= 0.6 is 0 Å². The van der Waals surface area contributed by atoms with Gasteiger partial charge >= 0.3 is 0 Å². The van der Waals surface area contributed by atoms with E-state index in [4.69, 9.17) is 9.37 Å². The molecule has 12 heteroatoms. The smallest absolute Gasteiger partial charge is 0.276 e. The summed E-state index contributed by atoms with van der Waals surface area (Å²) in [5.41, 5.74) is 3.95. The molecule has 214 valence electrons. The third-order valence-corrected chi connectivity index (χ3v) is 8.38. The first-order valence-electron chi connectivity index (χ1n) is 13.8. The fourth-order valence-electron chi connectivity index (χ4n) is 6.12. The maximum atomic E-state index is 14.1. The van der Waals surface area contributed by atoms with Gasteiger partial charge in [-0.15, -0.1) is 0 Å². The number of amides is 2. The number of pyridine rings is 1. The number of allylic oxidation sites excluding steroid dienone is 2. The number of aromatic amines is 1. The fourth-order valence-corrected chi connectivity index (χ4v) is 6.12. The van der Waals surface area contributed by atoms with Gasteiger partial charge in [0.2, 0.25) is 5.91 Å². The van der Waals surface area contributed by atoms with Crippen LogP contribution in [0.15, 0.2) is 47.0 Å². The number of H-pyrrole nitrogens is 1. The van der Waals surface area contributed by atoms with Crippen LogP contribution in [0.5, 0.6) is 0 Å². The molecule has 3 N–H and O–H groups in total. The molecule has 11 nitrogen and oxygen atoms in total. The van der Waals surface area contributed by atoms with E-state index in [9.17, 15) is 14.0 Å². The van der Waals surface area contributed by atoms with Gasteiger partial charge in [-0.2, -0.15) is 5.10 Å². The molecule has 1 saturated carbocycles. The monoisotopic (exact) mass is 561 g/mol. The van der Waals surface area contributed by atoms with E-state index in [0.29, 0.717) is 18.0 Å². The summed E-state index contributed by atoms with van der Waals surface area (Å²) in [6, 6.07) is 2.60. The number of ether oxygens (including phenoxy) is 1. The number of carbonyl (C=O) groups is 2. The van der Waals surface area contributed by atoms with Crippen LogP contribution in [-0.2, 0) is 9.53 Å². The predicted octanol–water partition coefficient (Wildman–Crippen LogP) is 4.17. The first-order chi connectivity index (χ1) is 19.7. The molecular formula is C29H32FN7O4. The number of fused-ring (bicyclic) bond motifs is 1. The number of anilines is 1. The summed E-state index contributed by atoms with van der Waals surface area (Å²) in [7, 11) is 0. The Morgan fingerprint density at radius 3 is 2.66 bits per heavy atom. The minimum absolute atomic E-state index is 0.0354. The van der Waals surface area contributed by atoms with Crippen LogP contribution in [-0.4, -0.2) is 56.1 Å². The Morgan fingerprint density at radius 2 is 2.00 bits per heavy atom. The molecule has 3 aromatic rings. The minimum atomic E-state index is -0.977. The number of halogens is 1. The SMILES string of the molecule is Cc1n[nH]c(C)c1-c1ccc(NC(=O)[C@@H](NC(=O)c2nonc2C(C)C)C2C3C=CC(F)=CC3OCC23CC3)cn1. The van der Waals surface area contributed by atoms with Crippen molar-refractivity contribution < 1.29 is 23.3 Å². The van der Waals surface area contributed by atoms with Gasteiger partial charge in [-0.25, -0.2) is 9.02 Å². The molecule has 3 aromatic heterocycles. The molecule has 6 rings (SSSR count).